The summed E-state index contributed by atoms with van der Waals surface area (Å²) >= 11 is 0. The van der Waals surface area contributed by atoms with Crippen LogP contribution in [-0.4, -0.2) is 39.8 Å². The maximum atomic E-state index is 13.1. The Bertz CT molecular complexity index is 1250. The van der Waals surface area contributed by atoms with Crippen LogP contribution in [-0.2, 0) is 20.9 Å². The molecule has 0 saturated carbocycles. The van der Waals surface area contributed by atoms with Crippen LogP contribution in [0.25, 0.3) is 5.65 Å². The molecule has 34 heavy (non-hydrogen) atoms. The van der Waals surface area contributed by atoms with Crippen LogP contribution in [0.1, 0.15) is 49.0 Å². The largest absolute Gasteiger partial charge is 0.497 e. The van der Waals surface area contributed by atoms with Crippen molar-refractivity contribution >= 4 is 17.5 Å². The van der Waals surface area contributed by atoms with E-state index in [9.17, 15) is 14.4 Å². The molecule has 0 aliphatic carbocycles. The van der Waals surface area contributed by atoms with Crippen molar-refractivity contribution in [2.75, 3.05) is 13.7 Å². The number of hydrogen-bond donors (Lipinski definition) is 0. The molecule has 1 aliphatic rings. The maximum absolute atomic E-state index is 13.1. The van der Waals surface area contributed by atoms with Crippen LogP contribution in [0.5, 0.6) is 5.75 Å². The lowest BCUT2D eigenvalue weighted by atomic mass is 9.93. The average Bonchev–Trinajstić information content (AvgIpc) is 3.17. The van der Waals surface area contributed by atoms with Crippen LogP contribution >= 0.6 is 0 Å². The molecule has 0 unspecified atom stereocenters. The van der Waals surface area contributed by atoms with E-state index in [2.05, 4.69) is 11.9 Å². The van der Waals surface area contributed by atoms with Gasteiger partial charge in [-0.05, 0) is 42.7 Å². The number of esters is 1. The summed E-state index contributed by atoms with van der Waals surface area (Å²) in [7, 11) is 1.59. The molecule has 3 aromatic rings. The molecule has 0 spiro atoms. The molecule has 0 bridgehead atoms. The molecule has 2 atom stereocenters. The fourth-order valence-electron chi connectivity index (χ4n) is 4.39. The van der Waals surface area contributed by atoms with Crippen LogP contribution in [0, 0.1) is 12.8 Å². The second-order valence-electron chi connectivity index (χ2n) is 8.60. The molecule has 0 radical (unpaired) electrons. The van der Waals surface area contributed by atoms with E-state index in [1.165, 1.54) is 10.5 Å². The number of nitrogens with zero attached hydrogens (tertiary/aromatic N) is 3. The van der Waals surface area contributed by atoms with Crippen LogP contribution in [0.15, 0.2) is 53.5 Å². The fraction of sp³-hybridized carbons (Fsp3) is 0.385. The number of amides is 1. The zero-order chi connectivity index (χ0) is 24.2. The Labute approximate surface area is 198 Å². The number of carbonyl (C=O) groups is 2. The molecule has 178 valence electrons. The molecule has 8 nitrogen and oxygen atoms in total. The molecule has 1 fully saturated rings. The minimum Gasteiger partial charge on any atom is -0.497 e. The third kappa shape index (κ3) is 4.81. The lowest BCUT2D eigenvalue weighted by Crippen LogP contribution is -2.32. The van der Waals surface area contributed by atoms with Crippen molar-refractivity contribution in [3.63, 3.8) is 0 Å². The third-order valence-electron chi connectivity index (χ3n) is 6.17. The standard InChI is InChI=1S/C26H29N3O5/c1-4-5-12-28-24(31)14-21(25(28)18-7-9-20(33-3)10-8-18)26(32)34-16-19-13-23(30)29-15-17(2)6-11-22(29)27-19/h6-11,13,15,21,25H,4-5,12,14,16H2,1-3H3/t21-,25-/m0/s1. The first-order chi connectivity index (χ1) is 16.4. The number of ether oxygens (including phenoxy) is 2. The number of hydrogen-bond acceptors (Lipinski definition) is 6. The number of carbonyl (C=O) groups excluding carboxylic acids is 2. The number of pyridine rings is 1. The summed E-state index contributed by atoms with van der Waals surface area (Å²) in [6, 6.07) is 12.0. The van der Waals surface area contributed by atoms with Gasteiger partial charge in [-0.15, -0.1) is 0 Å². The lowest BCUT2D eigenvalue weighted by molar-refractivity contribution is -0.151. The van der Waals surface area contributed by atoms with Gasteiger partial charge in [0.15, 0.2) is 0 Å². The smallest absolute Gasteiger partial charge is 0.312 e. The van der Waals surface area contributed by atoms with Crippen molar-refractivity contribution in [2.45, 2.75) is 45.8 Å². The average molecular weight is 464 g/mol. The van der Waals surface area contributed by atoms with Gasteiger partial charge in [-0.1, -0.05) is 31.5 Å². The highest BCUT2D eigenvalue weighted by Gasteiger charge is 2.45. The van der Waals surface area contributed by atoms with E-state index in [-0.39, 0.29) is 24.5 Å². The Morgan fingerprint density at radius 3 is 2.62 bits per heavy atom. The predicted molar refractivity (Wildman–Crippen MR) is 126 cm³/mol. The van der Waals surface area contributed by atoms with Gasteiger partial charge in [0.1, 0.15) is 18.0 Å². The van der Waals surface area contributed by atoms with E-state index in [0.29, 0.717) is 23.6 Å². The van der Waals surface area contributed by atoms with Crippen LogP contribution < -0.4 is 10.3 Å². The molecule has 1 saturated heterocycles. The molecular weight excluding hydrogens is 434 g/mol. The summed E-state index contributed by atoms with van der Waals surface area (Å²) in [6.07, 6.45) is 3.60. The van der Waals surface area contributed by atoms with Crippen molar-refractivity contribution in [2.24, 2.45) is 5.92 Å². The van der Waals surface area contributed by atoms with Crippen molar-refractivity contribution in [3.8, 4) is 5.75 Å². The Balaban J connectivity index is 1.55. The highest BCUT2D eigenvalue weighted by Crippen LogP contribution is 2.39. The second-order valence-corrected chi connectivity index (χ2v) is 8.60. The van der Waals surface area contributed by atoms with Gasteiger partial charge in [0.25, 0.3) is 5.56 Å². The maximum Gasteiger partial charge on any atom is 0.312 e. The summed E-state index contributed by atoms with van der Waals surface area (Å²) in [4.78, 5) is 44.6. The molecule has 4 rings (SSSR count). The predicted octanol–water partition coefficient (Wildman–Crippen LogP) is 3.44. The van der Waals surface area contributed by atoms with E-state index in [4.69, 9.17) is 9.47 Å². The van der Waals surface area contributed by atoms with E-state index in [0.717, 1.165) is 24.0 Å². The van der Waals surface area contributed by atoms with Crippen molar-refractivity contribution in [1.29, 1.82) is 0 Å². The first-order valence-electron chi connectivity index (χ1n) is 11.5. The van der Waals surface area contributed by atoms with Crippen molar-refractivity contribution in [1.82, 2.24) is 14.3 Å². The number of fused-ring (bicyclic) bond motifs is 1. The molecule has 8 heteroatoms. The van der Waals surface area contributed by atoms with E-state index in [1.807, 2.05) is 37.3 Å². The van der Waals surface area contributed by atoms with E-state index in [1.54, 1.807) is 24.3 Å². The minimum absolute atomic E-state index is 0.0614. The van der Waals surface area contributed by atoms with Crippen molar-refractivity contribution in [3.05, 3.63) is 75.8 Å². The summed E-state index contributed by atoms with van der Waals surface area (Å²) in [5.74, 6) is -0.467. The first kappa shape index (κ1) is 23.5. The SMILES string of the molecule is CCCCN1C(=O)C[C@H](C(=O)OCc2cc(=O)n3cc(C)ccc3n2)[C@@H]1c1ccc(OC)cc1. The van der Waals surface area contributed by atoms with Gasteiger partial charge in [-0.3, -0.25) is 18.8 Å². The summed E-state index contributed by atoms with van der Waals surface area (Å²) in [6.45, 7) is 4.41. The fourth-order valence-corrected chi connectivity index (χ4v) is 4.39. The zero-order valence-corrected chi connectivity index (χ0v) is 19.7. The number of methoxy groups -OCH3 is 1. The molecule has 1 aromatic carbocycles. The number of benzene rings is 1. The first-order valence-corrected chi connectivity index (χ1v) is 11.5. The van der Waals surface area contributed by atoms with Gasteiger partial charge in [-0.2, -0.15) is 0 Å². The quantitative estimate of drug-likeness (QED) is 0.476. The molecule has 3 heterocycles. The van der Waals surface area contributed by atoms with Crippen LogP contribution in [0.2, 0.25) is 0 Å². The monoisotopic (exact) mass is 463 g/mol. The third-order valence-corrected chi connectivity index (χ3v) is 6.17. The number of unbranched alkanes of at least 4 members (excludes halogenated alkanes) is 1. The Morgan fingerprint density at radius 1 is 1.15 bits per heavy atom. The minimum atomic E-state index is -0.637. The normalized spacial score (nSPS) is 17.9. The van der Waals surface area contributed by atoms with Gasteiger partial charge in [0.05, 0.1) is 24.8 Å². The highest BCUT2D eigenvalue weighted by molar-refractivity contribution is 5.88. The molecule has 2 aromatic heterocycles. The van der Waals surface area contributed by atoms with Gasteiger partial charge in [0.2, 0.25) is 5.91 Å². The lowest BCUT2D eigenvalue weighted by Gasteiger charge is -2.28. The second kappa shape index (κ2) is 10.1. The van der Waals surface area contributed by atoms with Gasteiger partial charge < -0.3 is 14.4 Å². The molecule has 0 N–H and O–H groups in total. The van der Waals surface area contributed by atoms with Crippen LogP contribution in [0.3, 0.4) is 0 Å². The Hall–Kier alpha value is -3.68. The molecule has 1 aliphatic heterocycles. The highest BCUT2D eigenvalue weighted by atomic mass is 16.5. The number of aryl methyl sites for hydroxylation is 1. The molecule has 1 amide bonds. The topological polar surface area (TPSA) is 90.2 Å². The van der Waals surface area contributed by atoms with Crippen LogP contribution in [0.4, 0.5) is 0 Å². The van der Waals surface area contributed by atoms with E-state index < -0.39 is 17.9 Å². The summed E-state index contributed by atoms with van der Waals surface area (Å²) in [5.41, 5.74) is 2.43. The van der Waals surface area contributed by atoms with Gasteiger partial charge in [0, 0.05) is 25.2 Å². The number of rotatable bonds is 8. The van der Waals surface area contributed by atoms with Crippen molar-refractivity contribution < 1.29 is 19.1 Å². The number of likely N-dealkylation sites (tertiary alicyclic amines) is 1. The van der Waals surface area contributed by atoms with Gasteiger partial charge in [-0.25, -0.2) is 4.98 Å². The number of aromatic nitrogens is 2. The zero-order valence-electron chi connectivity index (χ0n) is 19.7. The Kier molecular flexibility index (Phi) is 6.95. The summed E-state index contributed by atoms with van der Waals surface area (Å²) < 4.78 is 12.3. The Morgan fingerprint density at radius 2 is 1.91 bits per heavy atom. The van der Waals surface area contributed by atoms with E-state index >= 15 is 0 Å². The van der Waals surface area contributed by atoms with Gasteiger partial charge >= 0.3 is 5.97 Å². The molecular formula is C26H29N3O5. The summed E-state index contributed by atoms with van der Waals surface area (Å²) in [5, 5.41) is 0.